The lowest BCUT2D eigenvalue weighted by Gasteiger charge is -2.18. The molecule has 1 aromatic rings. The molecule has 1 atom stereocenters. The van der Waals surface area contributed by atoms with Gasteiger partial charge in [0, 0.05) is 6.92 Å². The molecule has 0 aliphatic rings. The Morgan fingerprint density at radius 1 is 1.16 bits per heavy atom. The molecule has 0 aliphatic heterocycles. The number of hydrogen-bond donors (Lipinski definition) is 1. The summed E-state index contributed by atoms with van der Waals surface area (Å²) >= 11 is 0. The number of methoxy groups -OCH3 is 2. The maximum absolute atomic E-state index is 11.8. The molecule has 104 valence electrons. The van der Waals surface area contributed by atoms with Gasteiger partial charge in [-0.2, -0.15) is 0 Å². The van der Waals surface area contributed by atoms with Crippen molar-refractivity contribution in [3.8, 4) is 5.75 Å². The van der Waals surface area contributed by atoms with E-state index in [0.717, 1.165) is 16.9 Å². The van der Waals surface area contributed by atoms with E-state index in [2.05, 4.69) is 5.32 Å². The molecular weight excluding hydrogens is 246 g/mol. The number of carbonyl (C=O) groups excluding carboxylic acids is 2. The summed E-state index contributed by atoms with van der Waals surface area (Å²) in [7, 11) is 2.89. The third-order valence-corrected chi connectivity index (χ3v) is 2.80. The van der Waals surface area contributed by atoms with Crippen LogP contribution in [0.3, 0.4) is 0 Å². The molecule has 1 amide bonds. The maximum atomic E-state index is 11.8. The first kappa shape index (κ1) is 15.0. The Kier molecular flexibility index (Phi) is 4.92. The van der Waals surface area contributed by atoms with Crippen molar-refractivity contribution in [1.82, 2.24) is 5.32 Å². The topological polar surface area (TPSA) is 64.6 Å². The van der Waals surface area contributed by atoms with Crippen molar-refractivity contribution in [3.05, 3.63) is 28.8 Å². The van der Waals surface area contributed by atoms with Gasteiger partial charge in [-0.05, 0) is 42.7 Å². The van der Waals surface area contributed by atoms with E-state index in [0.29, 0.717) is 5.56 Å². The Morgan fingerprint density at radius 3 is 2.05 bits per heavy atom. The molecule has 1 aromatic carbocycles. The zero-order valence-electron chi connectivity index (χ0n) is 11.9. The Balaban J connectivity index is 3.23. The summed E-state index contributed by atoms with van der Waals surface area (Å²) < 4.78 is 9.99. The summed E-state index contributed by atoms with van der Waals surface area (Å²) in [6.07, 6.45) is 0. The number of aryl methyl sites for hydroxylation is 2. The van der Waals surface area contributed by atoms with Gasteiger partial charge in [0.1, 0.15) is 5.75 Å². The monoisotopic (exact) mass is 265 g/mol. The summed E-state index contributed by atoms with van der Waals surface area (Å²) in [6.45, 7) is 5.13. The average molecular weight is 265 g/mol. The van der Waals surface area contributed by atoms with E-state index in [4.69, 9.17) is 9.47 Å². The second-order valence-corrected chi connectivity index (χ2v) is 4.34. The summed E-state index contributed by atoms with van der Waals surface area (Å²) in [4.78, 5) is 23.0. The molecule has 0 saturated heterocycles. The second kappa shape index (κ2) is 6.22. The van der Waals surface area contributed by atoms with Crippen LogP contribution < -0.4 is 10.1 Å². The minimum absolute atomic E-state index is 0.290. The summed E-state index contributed by atoms with van der Waals surface area (Å²) in [5, 5.41) is 2.58. The Labute approximate surface area is 112 Å². The number of esters is 1. The van der Waals surface area contributed by atoms with Crippen molar-refractivity contribution in [2.45, 2.75) is 26.8 Å². The van der Waals surface area contributed by atoms with Gasteiger partial charge in [-0.3, -0.25) is 4.79 Å². The smallest absolute Gasteiger partial charge is 0.333 e. The minimum atomic E-state index is -0.800. The SMILES string of the molecule is COC(=O)C(NC(C)=O)c1cc(C)c(OC)c(C)c1. The molecule has 0 aromatic heterocycles. The minimum Gasteiger partial charge on any atom is -0.496 e. The zero-order valence-corrected chi connectivity index (χ0v) is 11.9. The molecule has 0 radical (unpaired) electrons. The molecule has 5 heteroatoms. The number of benzene rings is 1. The predicted molar refractivity (Wildman–Crippen MR) is 71.0 cm³/mol. The number of rotatable bonds is 4. The van der Waals surface area contributed by atoms with E-state index in [-0.39, 0.29) is 5.91 Å². The van der Waals surface area contributed by atoms with E-state index < -0.39 is 12.0 Å². The van der Waals surface area contributed by atoms with Crippen LogP contribution in [0.1, 0.15) is 29.7 Å². The van der Waals surface area contributed by atoms with E-state index in [1.54, 1.807) is 7.11 Å². The number of carbonyl (C=O) groups is 2. The van der Waals surface area contributed by atoms with Crippen LogP contribution in [0.15, 0.2) is 12.1 Å². The molecule has 0 bridgehead atoms. The van der Waals surface area contributed by atoms with Gasteiger partial charge in [0.15, 0.2) is 6.04 Å². The molecule has 5 nitrogen and oxygen atoms in total. The van der Waals surface area contributed by atoms with Crippen LogP contribution in [-0.4, -0.2) is 26.1 Å². The molecule has 1 rings (SSSR count). The van der Waals surface area contributed by atoms with Gasteiger partial charge in [0.2, 0.25) is 5.91 Å². The van der Waals surface area contributed by atoms with Gasteiger partial charge < -0.3 is 14.8 Å². The number of hydrogen-bond acceptors (Lipinski definition) is 4. The summed E-state index contributed by atoms with van der Waals surface area (Å²) in [5.41, 5.74) is 2.48. The lowest BCUT2D eigenvalue weighted by molar-refractivity contribution is -0.145. The van der Waals surface area contributed by atoms with Gasteiger partial charge in [-0.1, -0.05) is 0 Å². The van der Waals surface area contributed by atoms with Crippen molar-refractivity contribution in [1.29, 1.82) is 0 Å². The molecular formula is C14H19NO4. The normalized spacial score (nSPS) is 11.6. The molecule has 0 spiro atoms. The largest absolute Gasteiger partial charge is 0.496 e. The molecule has 1 unspecified atom stereocenters. The highest BCUT2D eigenvalue weighted by Crippen LogP contribution is 2.27. The predicted octanol–water partition coefficient (Wildman–Crippen LogP) is 1.66. The second-order valence-electron chi connectivity index (χ2n) is 4.34. The third-order valence-electron chi connectivity index (χ3n) is 2.80. The van der Waals surface area contributed by atoms with Crippen LogP contribution in [0.5, 0.6) is 5.75 Å². The van der Waals surface area contributed by atoms with Crippen molar-refractivity contribution in [2.24, 2.45) is 0 Å². The van der Waals surface area contributed by atoms with Gasteiger partial charge in [-0.25, -0.2) is 4.79 Å². The first-order valence-corrected chi connectivity index (χ1v) is 5.90. The lowest BCUT2D eigenvalue weighted by Crippen LogP contribution is -2.33. The molecule has 0 aliphatic carbocycles. The standard InChI is InChI=1S/C14H19NO4/c1-8-6-11(7-9(2)13(8)18-4)12(14(17)19-5)15-10(3)16/h6-7,12H,1-5H3,(H,15,16). The van der Waals surface area contributed by atoms with Crippen LogP contribution in [0.25, 0.3) is 0 Å². The fourth-order valence-electron chi connectivity index (χ4n) is 2.07. The van der Waals surface area contributed by atoms with Gasteiger partial charge >= 0.3 is 5.97 Å². The zero-order chi connectivity index (χ0) is 14.6. The third kappa shape index (κ3) is 3.47. The first-order valence-electron chi connectivity index (χ1n) is 5.90. The van der Waals surface area contributed by atoms with Crippen LogP contribution in [0.4, 0.5) is 0 Å². The lowest BCUT2D eigenvalue weighted by atomic mass is 10.00. The average Bonchev–Trinajstić information content (AvgIpc) is 2.34. The number of ether oxygens (including phenoxy) is 2. The van der Waals surface area contributed by atoms with Gasteiger partial charge in [0.25, 0.3) is 0 Å². The fraction of sp³-hybridized carbons (Fsp3) is 0.429. The molecule has 0 heterocycles. The first-order chi connectivity index (χ1) is 8.90. The molecule has 1 N–H and O–H groups in total. The van der Waals surface area contributed by atoms with Crippen LogP contribution in [-0.2, 0) is 14.3 Å². The van der Waals surface area contributed by atoms with Crippen molar-refractivity contribution in [3.63, 3.8) is 0 Å². The maximum Gasteiger partial charge on any atom is 0.333 e. The van der Waals surface area contributed by atoms with Crippen molar-refractivity contribution < 1.29 is 19.1 Å². The highest BCUT2D eigenvalue weighted by Gasteiger charge is 2.23. The van der Waals surface area contributed by atoms with Crippen molar-refractivity contribution in [2.75, 3.05) is 14.2 Å². The Morgan fingerprint density at radius 2 is 1.68 bits per heavy atom. The van der Waals surface area contributed by atoms with E-state index in [9.17, 15) is 9.59 Å². The molecule has 0 fully saturated rings. The van der Waals surface area contributed by atoms with E-state index in [1.165, 1.54) is 14.0 Å². The molecule has 0 saturated carbocycles. The van der Waals surface area contributed by atoms with Crippen LogP contribution in [0, 0.1) is 13.8 Å². The Hall–Kier alpha value is -2.04. The molecule has 19 heavy (non-hydrogen) atoms. The van der Waals surface area contributed by atoms with E-state index >= 15 is 0 Å². The van der Waals surface area contributed by atoms with Gasteiger partial charge in [0.05, 0.1) is 14.2 Å². The quantitative estimate of drug-likeness (QED) is 0.841. The highest BCUT2D eigenvalue weighted by molar-refractivity contribution is 5.84. The fourth-order valence-corrected chi connectivity index (χ4v) is 2.07. The van der Waals surface area contributed by atoms with Crippen molar-refractivity contribution >= 4 is 11.9 Å². The highest BCUT2D eigenvalue weighted by atomic mass is 16.5. The summed E-state index contributed by atoms with van der Waals surface area (Å²) in [5.74, 6) is -0.0177. The van der Waals surface area contributed by atoms with Crippen LogP contribution >= 0.6 is 0 Å². The number of amides is 1. The van der Waals surface area contributed by atoms with Crippen LogP contribution in [0.2, 0.25) is 0 Å². The van der Waals surface area contributed by atoms with E-state index in [1.807, 2.05) is 26.0 Å². The Bertz CT molecular complexity index is 473. The number of nitrogens with one attached hydrogen (secondary N) is 1. The summed E-state index contributed by atoms with van der Waals surface area (Å²) in [6, 6.07) is 2.82. The van der Waals surface area contributed by atoms with Gasteiger partial charge in [-0.15, -0.1) is 0 Å².